The van der Waals surface area contributed by atoms with Crippen LogP contribution < -0.4 is 10.6 Å². The van der Waals surface area contributed by atoms with Gasteiger partial charge in [-0.25, -0.2) is 18.6 Å². The Kier molecular flexibility index (Phi) is 6.12. The van der Waals surface area contributed by atoms with E-state index in [1.165, 1.54) is 24.4 Å². The lowest BCUT2D eigenvalue weighted by Crippen LogP contribution is -2.13. The number of amides is 2. The van der Waals surface area contributed by atoms with Crippen molar-refractivity contribution in [2.75, 3.05) is 10.6 Å². The molecular weight excluding hydrogens is 430 g/mol. The molecule has 0 unspecified atom stereocenters. The molecule has 0 aliphatic rings. The van der Waals surface area contributed by atoms with Crippen molar-refractivity contribution in [2.45, 2.75) is 6.61 Å². The Balaban J connectivity index is 1.51. The van der Waals surface area contributed by atoms with Gasteiger partial charge in [-0.15, -0.1) is 0 Å². The molecule has 3 N–H and O–H groups in total. The molecule has 7 nitrogen and oxygen atoms in total. The summed E-state index contributed by atoms with van der Waals surface area (Å²) in [6, 6.07) is 14.3. The average molecular weight is 448 g/mol. The van der Waals surface area contributed by atoms with E-state index in [0.717, 1.165) is 11.1 Å². The fraction of sp³-hybridized carbons (Fsp3) is 0.0417. The molecule has 2 amide bonds. The van der Waals surface area contributed by atoms with Crippen LogP contribution in [-0.4, -0.2) is 22.0 Å². The molecule has 2 heterocycles. The van der Waals surface area contributed by atoms with Crippen LogP contribution in [0.1, 0.15) is 5.56 Å². The largest absolute Gasteiger partial charge is 0.444 e. The van der Waals surface area contributed by atoms with E-state index in [-0.39, 0.29) is 6.61 Å². The lowest BCUT2D eigenvalue weighted by Gasteiger charge is -2.08. The third kappa shape index (κ3) is 5.21. The quantitative estimate of drug-likeness (QED) is 0.338. The van der Waals surface area contributed by atoms with E-state index >= 15 is 0 Å². The minimum atomic E-state index is -1.09. The first-order valence-electron chi connectivity index (χ1n) is 9.80. The van der Waals surface area contributed by atoms with Crippen LogP contribution in [0.5, 0.6) is 0 Å². The summed E-state index contributed by atoms with van der Waals surface area (Å²) in [6.07, 6.45) is 2.49. The maximum Gasteiger partial charge on any atom is 0.412 e. The Bertz CT molecular complexity index is 1370. The first-order valence-corrected chi connectivity index (χ1v) is 9.80. The molecule has 0 radical (unpaired) electrons. The molecule has 0 spiro atoms. The summed E-state index contributed by atoms with van der Waals surface area (Å²) in [4.78, 5) is 31.1. The number of aromatic nitrogens is 2. The molecule has 9 heteroatoms. The molecule has 33 heavy (non-hydrogen) atoms. The van der Waals surface area contributed by atoms with Crippen LogP contribution in [0.4, 0.5) is 25.0 Å². The highest BCUT2D eigenvalue weighted by molar-refractivity contribution is 6.02. The van der Waals surface area contributed by atoms with E-state index in [4.69, 9.17) is 4.74 Å². The molecule has 0 aliphatic heterocycles. The van der Waals surface area contributed by atoms with E-state index in [2.05, 4.69) is 27.2 Å². The van der Waals surface area contributed by atoms with E-state index in [0.29, 0.717) is 28.0 Å². The van der Waals surface area contributed by atoms with Gasteiger partial charge >= 0.3 is 6.09 Å². The number of fused-ring (bicyclic) bond motifs is 1. The van der Waals surface area contributed by atoms with Crippen molar-refractivity contribution in [3.63, 3.8) is 0 Å². The van der Waals surface area contributed by atoms with Crippen molar-refractivity contribution in [1.29, 1.82) is 0 Å². The van der Waals surface area contributed by atoms with Gasteiger partial charge in [-0.05, 0) is 41.5 Å². The van der Waals surface area contributed by atoms with Gasteiger partial charge in [0.1, 0.15) is 18.1 Å². The van der Waals surface area contributed by atoms with Crippen LogP contribution in [-0.2, 0) is 16.1 Å². The summed E-state index contributed by atoms with van der Waals surface area (Å²) in [5.74, 6) is -2.42. The molecule has 0 saturated heterocycles. The maximum atomic E-state index is 13.2. The molecular formula is C24H18F2N4O3. The fourth-order valence-corrected chi connectivity index (χ4v) is 3.20. The van der Waals surface area contributed by atoms with Gasteiger partial charge < -0.3 is 15.0 Å². The van der Waals surface area contributed by atoms with E-state index in [1.807, 2.05) is 6.07 Å². The van der Waals surface area contributed by atoms with Crippen LogP contribution in [0.15, 0.2) is 79.4 Å². The molecule has 0 atom stereocenters. The summed E-state index contributed by atoms with van der Waals surface area (Å²) in [5.41, 5.74) is 3.38. The Morgan fingerprint density at radius 2 is 1.88 bits per heavy atom. The van der Waals surface area contributed by atoms with Crippen molar-refractivity contribution < 1.29 is 23.1 Å². The lowest BCUT2D eigenvalue weighted by atomic mass is 10.0. The van der Waals surface area contributed by atoms with Crippen LogP contribution in [0.2, 0.25) is 0 Å². The van der Waals surface area contributed by atoms with E-state index in [9.17, 15) is 18.4 Å². The molecule has 0 saturated carbocycles. The zero-order valence-corrected chi connectivity index (χ0v) is 17.2. The number of nitrogens with one attached hydrogen (secondary N) is 3. The number of anilines is 2. The predicted octanol–water partition coefficient (Wildman–Crippen LogP) is 5.54. The maximum absolute atomic E-state index is 13.2. The highest BCUT2D eigenvalue weighted by Gasteiger charge is 2.12. The Morgan fingerprint density at radius 1 is 1.06 bits per heavy atom. The van der Waals surface area contributed by atoms with Crippen molar-refractivity contribution in [3.8, 4) is 11.1 Å². The Labute approximate surface area is 187 Å². The number of rotatable bonds is 6. The normalized spacial score (nSPS) is 10.6. The van der Waals surface area contributed by atoms with Gasteiger partial charge in [0.15, 0.2) is 5.83 Å². The molecule has 4 aromatic rings. The van der Waals surface area contributed by atoms with E-state index < -0.39 is 23.6 Å². The number of carbonyl (C=O) groups excluding carboxylic acids is 2. The van der Waals surface area contributed by atoms with E-state index in [1.54, 1.807) is 36.5 Å². The van der Waals surface area contributed by atoms with Gasteiger partial charge in [-0.3, -0.25) is 10.1 Å². The van der Waals surface area contributed by atoms with Gasteiger partial charge in [0, 0.05) is 22.8 Å². The second-order valence-corrected chi connectivity index (χ2v) is 7.09. The zero-order chi connectivity index (χ0) is 23.4. The number of benzene rings is 2. The number of H-pyrrole nitrogens is 1. The van der Waals surface area contributed by atoms with Crippen molar-refractivity contribution in [2.24, 2.45) is 0 Å². The number of pyridine rings is 1. The minimum absolute atomic E-state index is 0.0848. The van der Waals surface area contributed by atoms with Crippen LogP contribution in [0.25, 0.3) is 22.2 Å². The zero-order valence-electron chi connectivity index (χ0n) is 17.2. The lowest BCUT2D eigenvalue weighted by molar-refractivity contribution is -0.114. The van der Waals surface area contributed by atoms with Gasteiger partial charge in [-0.1, -0.05) is 30.8 Å². The topological polar surface area (TPSA) is 96.1 Å². The summed E-state index contributed by atoms with van der Waals surface area (Å²) < 4.78 is 31.4. The first kappa shape index (κ1) is 21.7. The van der Waals surface area contributed by atoms with Crippen LogP contribution in [0.3, 0.4) is 0 Å². The predicted molar refractivity (Wildman–Crippen MR) is 121 cm³/mol. The molecule has 166 valence electrons. The average Bonchev–Trinajstić information content (AvgIpc) is 3.21. The molecule has 0 bridgehead atoms. The van der Waals surface area contributed by atoms with Crippen LogP contribution in [0, 0.1) is 5.82 Å². The number of hydrogen-bond donors (Lipinski definition) is 3. The van der Waals surface area contributed by atoms with Crippen molar-refractivity contribution in [3.05, 3.63) is 90.8 Å². The number of nitrogens with zero attached hydrogens (tertiary/aromatic N) is 1. The third-order valence-corrected chi connectivity index (χ3v) is 4.71. The summed E-state index contributed by atoms with van der Waals surface area (Å²) in [6.45, 7) is 2.89. The molecule has 0 fully saturated rings. The number of halogens is 2. The minimum Gasteiger partial charge on any atom is -0.444 e. The summed E-state index contributed by atoms with van der Waals surface area (Å²) in [5, 5.41) is 5.73. The second kappa shape index (κ2) is 9.31. The van der Waals surface area contributed by atoms with Crippen molar-refractivity contribution >= 4 is 34.4 Å². The molecule has 2 aromatic heterocycles. The Morgan fingerprint density at radius 3 is 2.67 bits per heavy atom. The second-order valence-electron chi connectivity index (χ2n) is 7.09. The number of hydrogen-bond acceptors (Lipinski definition) is 4. The van der Waals surface area contributed by atoms with Gasteiger partial charge in [0.05, 0.1) is 11.9 Å². The SMILES string of the molecule is C=C(F)C(=O)Nc1cccc(-c2c[nH]c3ncc(NC(=O)OCc4cccc(F)c4)cc23)c1. The van der Waals surface area contributed by atoms with Gasteiger partial charge in [-0.2, -0.15) is 0 Å². The van der Waals surface area contributed by atoms with Crippen molar-refractivity contribution in [1.82, 2.24) is 9.97 Å². The van der Waals surface area contributed by atoms with Gasteiger partial charge in [0.2, 0.25) is 0 Å². The van der Waals surface area contributed by atoms with Gasteiger partial charge in [0.25, 0.3) is 5.91 Å². The fourth-order valence-electron chi connectivity index (χ4n) is 3.20. The summed E-state index contributed by atoms with van der Waals surface area (Å²) in [7, 11) is 0. The summed E-state index contributed by atoms with van der Waals surface area (Å²) >= 11 is 0. The van der Waals surface area contributed by atoms with Crippen LogP contribution >= 0.6 is 0 Å². The smallest absolute Gasteiger partial charge is 0.412 e. The molecule has 0 aliphatic carbocycles. The highest BCUT2D eigenvalue weighted by Crippen LogP contribution is 2.31. The highest BCUT2D eigenvalue weighted by atomic mass is 19.1. The number of carbonyl (C=O) groups is 2. The molecule has 4 rings (SSSR count). The Hall–Kier alpha value is -4.53. The monoisotopic (exact) mass is 448 g/mol. The number of ether oxygens (including phenoxy) is 1. The molecule has 2 aromatic carbocycles. The third-order valence-electron chi connectivity index (χ3n) is 4.71. The standard InChI is InChI=1S/C24H18F2N4O3/c1-14(25)23(31)29-18-7-3-5-16(9-18)21-12-28-22-20(21)10-19(11-27-22)30-24(32)33-13-15-4-2-6-17(26)8-15/h2-12H,1,13H2,(H,27,28)(H,29,31)(H,30,32). The number of aromatic amines is 1. The first-order chi connectivity index (χ1) is 15.9.